The van der Waals surface area contributed by atoms with Gasteiger partial charge in [0.15, 0.2) is 5.13 Å². The van der Waals surface area contributed by atoms with Crippen LogP contribution in [-0.2, 0) is 11.2 Å². The zero-order valence-corrected chi connectivity index (χ0v) is 13.2. The molecule has 0 radical (unpaired) electrons. The number of β-amino-alcohol motifs (C(OH)–C–C–N with tert-alkyl or cyclic N) is 1. The summed E-state index contributed by atoms with van der Waals surface area (Å²) in [6.07, 6.45) is 0.910. The van der Waals surface area contributed by atoms with Gasteiger partial charge in [-0.1, -0.05) is 0 Å². The third kappa shape index (κ3) is 2.95. The molecule has 2 aromatic rings. The van der Waals surface area contributed by atoms with E-state index in [-0.39, 0.29) is 11.9 Å². The van der Waals surface area contributed by atoms with E-state index in [9.17, 15) is 9.90 Å². The Morgan fingerprint density at radius 2 is 2.39 bits per heavy atom. The third-order valence-corrected chi connectivity index (χ3v) is 4.90. The fourth-order valence-corrected chi connectivity index (χ4v) is 3.64. The van der Waals surface area contributed by atoms with Gasteiger partial charge in [-0.3, -0.25) is 4.79 Å². The molecule has 2 aliphatic rings. The largest absolute Gasteiger partial charge is 0.493 e. The Kier molecular flexibility index (Phi) is 3.76. The first-order valence-electron chi connectivity index (χ1n) is 7.63. The summed E-state index contributed by atoms with van der Waals surface area (Å²) in [6.45, 7) is 1.19. The highest BCUT2D eigenvalue weighted by Gasteiger charge is 2.28. The monoisotopic (exact) mass is 331 g/mol. The van der Waals surface area contributed by atoms with E-state index in [1.807, 2.05) is 17.5 Å². The lowest BCUT2D eigenvalue weighted by Crippen LogP contribution is -2.35. The van der Waals surface area contributed by atoms with Gasteiger partial charge in [0.05, 0.1) is 24.4 Å². The van der Waals surface area contributed by atoms with E-state index >= 15 is 0 Å². The van der Waals surface area contributed by atoms with Gasteiger partial charge in [0.1, 0.15) is 5.75 Å². The van der Waals surface area contributed by atoms with E-state index < -0.39 is 6.10 Å². The van der Waals surface area contributed by atoms with Crippen LogP contribution in [-0.4, -0.2) is 41.3 Å². The van der Waals surface area contributed by atoms with Crippen LogP contribution in [0.15, 0.2) is 23.6 Å². The lowest BCUT2D eigenvalue weighted by Gasteiger charge is -2.08. The highest BCUT2D eigenvalue weighted by atomic mass is 32.1. The van der Waals surface area contributed by atoms with Crippen LogP contribution in [0.4, 0.5) is 5.13 Å². The average Bonchev–Trinajstić information content (AvgIpc) is 3.26. The van der Waals surface area contributed by atoms with Gasteiger partial charge in [-0.05, 0) is 30.2 Å². The second-order valence-corrected chi connectivity index (χ2v) is 6.66. The summed E-state index contributed by atoms with van der Waals surface area (Å²) in [7, 11) is 0. The fourth-order valence-electron chi connectivity index (χ4n) is 2.92. The summed E-state index contributed by atoms with van der Waals surface area (Å²) in [5, 5.41) is 17.8. The Hall–Kier alpha value is -1.96. The van der Waals surface area contributed by atoms with Crippen molar-refractivity contribution in [2.45, 2.75) is 25.0 Å². The molecule has 1 aromatic heterocycles. The van der Waals surface area contributed by atoms with Gasteiger partial charge >= 0.3 is 0 Å². The molecule has 2 aliphatic heterocycles. The van der Waals surface area contributed by atoms with Crippen molar-refractivity contribution in [3.05, 3.63) is 29.1 Å². The zero-order chi connectivity index (χ0) is 15.8. The number of carbonyl (C=O) groups is 1. The normalized spacial score (nSPS) is 22.7. The Balaban J connectivity index is 1.47. The Labute approximate surface area is 137 Å². The number of carbonyl (C=O) groups excluding carboxylic acids is 1. The minimum absolute atomic E-state index is 0.148. The van der Waals surface area contributed by atoms with Gasteiger partial charge in [-0.25, -0.2) is 4.98 Å². The van der Waals surface area contributed by atoms with Gasteiger partial charge in [-0.15, -0.1) is 11.3 Å². The minimum atomic E-state index is -0.453. The molecule has 1 amide bonds. The number of fused-ring (bicyclic) bond motifs is 1. The second kappa shape index (κ2) is 5.92. The number of aliphatic hydroxyl groups is 1. The van der Waals surface area contributed by atoms with Crippen LogP contribution in [0.3, 0.4) is 0 Å². The molecule has 23 heavy (non-hydrogen) atoms. The molecule has 3 N–H and O–H groups in total. The number of ether oxygens (including phenoxy) is 1. The van der Waals surface area contributed by atoms with Crippen molar-refractivity contribution in [1.82, 2.24) is 10.3 Å². The van der Waals surface area contributed by atoms with E-state index in [1.165, 1.54) is 16.9 Å². The molecular weight excluding hydrogens is 314 g/mol. The van der Waals surface area contributed by atoms with Crippen molar-refractivity contribution in [3.8, 4) is 17.0 Å². The lowest BCUT2D eigenvalue weighted by atomic mass is 10.1. The number of aromatic nitrogens is 1. The predicted molar refractivity (Wildman–Crippen MR) is 87.8 cm³/mol. The predicted octanol–water partition coefficient (Wildman–Crippen LogP) is 1.41. The quantitative estimate of drug-likeness (QED) is 0.792. The van der Waals surface area contributed by atoms with Crippen molar-refractivity contribution in [2.75, 3.05) is 18.5 Å². The molecule has 1 aromatic carbocycles. The van der Waals surface area contributed by atoms with E-state index in [0.29, 0.717) is 18.1 Å². The second-order valence-electron chi connectivity index (χ2n) is 5.80. The molecular formula is C16H17N3O3S. The van der Waals surface area contributed by atoms with Crippen LogP contribution in [0.5, 0.6) is 5.75 Å². The van der Waals surface area contributed by atoms with E-state index in [4.69, 9.17) is 4.74 Å². The van der Waals surface area contributed by atoms with E-state index in [1.54, 1.807) is 0 Å². The molecule has 0 saturated carbocycles. The molecule has 2 atom stereocenters. The van der Waals surface area contributed by atoms with Gasteiger partial charge in [0.25, 0.3) is 0 Å². The molecule has 4 rings (SSSR count). The Morgan fingerprint density at radius 1 is 1.48 bits per heavy atom. The molecule has 1 fully saturated rings. The van der Waals surface area contributed by atoms with E-state index in [0.717, 1.165) is 30.0 Å². The molecule has 120 valence electrons. The lowest BCUT2D eigenvalue weighted by molar-refractivity contribution is -0.117. The van der Waals surface area contributed by atoms with Crippen molar-refractivity contribution in [3.63, 3.8) is 0 Å². The molecule has 0 unspecified atom stereocenters. The fraction of sp³-hybridized carbons (Fsp3) is 0.375. The summed E-state index contributed by atoms with van der Waals surface area (Å²) in [5.74, 6) is 0.799. The maximum Gasteiger partial charge on any atom is 0.243 e. The maximum atomic E-state index is 12.1. The first kappa shape index (κ1) is 14.6. The zero-order valence-electron chi connectivity index (χ0n) is 12.4. The number of hydrogen-bond acceptors (Lipinski definition) is 6. The number of hydrogen-bond donors (Lipinski definition) is 3. The standard InChI is InChI=1S/C16H17N3O3S/c20-11-6-12(17-7-11)15(21)19-16-18-13(8-23-16)9-1-2-14-10(5-9)3-4-22-14/h1-2,5,8,11-12,17,20H,3-4,6-7H2,(H,18,19,21)/t11-,12+/m0/s1. The van der Waals surface area contributed by atoms with Crippen molar-refractivity contribution >= 4 is 22.4 Å². The highest BCUT2D eigenvalue weighted by Crippen LogP contribution is 2.32. The number of thiazole rings is 1. The van der Waals surface area contributed by atoms with Crippen LogP contribution in [0, 0.1) is 0 Å². The van der Waals surface area contributed by atoms with Crippen LogP contribution in [0.25, 0.3) is 11.3 Å². The van der Waals surface area contributed by atoms with Crippen LogP contribution >= 0.6 is 11.3 Å². The van der Waals surface area contributed by atoms with Gasteiger partial charge in [0, 0.05) is 23.9 Å². The highest BCUT2D eigenvalue weighted by molar-refractivity contribution is 7.14. The Bertz CT molecular complexity index is 746. The summed E-state index contributed by atoms with van der Waals surface area (Å²) in [5.41, 5.74) is 3.07. The number of nitrogens with one attached hydrogen (secondary N) is 2. The molecule has 3 heterocycles. The molecule has 0 bridgehead atoms. The third-order valence-electron chi connectivity index (χ3n) is 4.14. The topological polar surface area (TPSA) is 83.5 Å². The first-order chi connectivity index (χ1) is 11.2. The van der Waals surface area contributed by atoms with Crippen molar-refractivity contribution in [2.24, 2.45) is 0 Å². The van der Waals surface area contributed by atoms with Crippen molar-refractivity contribution in [1.29, 1.82) is 0 Å². The summed E-state index contributed by atoms with van der Waals surface area (Å²) in [4.78, 5) is 16.6. The minimum Gasteiger partial charge on any atom is -0.493 e. The number of amides is 1. The summed E-state index contributed by atoms with van der Waals surface area (Å²) < 4.78 is 5.51. The molecule has 7 heteroatoms. The molecule has 0 aliphatic carbocycles. The van der Waals surface area contributed by atoms with Crippen molar-refractivity contribution < 1.29 is 14.6 Å². The summed E-state index contributed by atoms with van der Waals surface area (Å²) >= 11 is 1.40. The number of benzene rings is 1. The van der Waals surface area contributed by atoms with E-state index in [2.05, 4.69) is 21.7 Å². The first-order valence-corrected chi connectivity index (χ1v) is 8.51. The van der Waals surface area contributed by atoms with Gasteiger partial charge in [0.2, 0.25) is 5.91 Å². The van der Waals surface area contributed by atoms with Gasteiger partial charge in [-0.2, -0.15) is 0 Å². The Morgan fingerprint density at radius 3 is 3.22 bits per heavy atom. The number of rotatable bonds is 3. The maximum absolute atomic E-state index is 12.1. The SMILES string of the molecule is O=C(Nc1nc(-c2ccc3c(c2)CCO3)cs1)[C@H]1C[C@H](O)CN1. The van der Waals surface area contributed by atoms with Crippen LogP contribution in [0.2, 0.25) is 0 Å². The number of aliphatic hydroxyl groups excluding tert-OH is 1. The molecule has 1 saturated heterocycles. The number of anilines is 1. The number of nitrogens with zero attached hydrogens (tertiary/aromatic N) is 1. The van der Waals surface area contributed by atoms with Crippen LogP contribution < -0.4 is 15.4 Å². The molecule has 0 spiro atoms. The van der Waals surface area contributed by atoms with Gasteiger partial charge < -0.3 is 20.5 Å². The molecule has 6 nitrogen and oxygen atoms in total. The average molecular weight is 331 g/mol. The van der Waals surface area contributed by atoms with Crippen LogP contribution in [0.1, 0.15) is 12.0 Å². The summed E-state index contributed by atoms with van der Waals surface area (Å²) in [6, 6.07) is 5.70. The smallest absolute Gasteiger partial charge is 0.243 e.